The SMILES string of the molecule is COc1ccc([Si](C)(C)[C@H]2[C@H](CC(=O)N(CCO)Cc3ccccc3)O[C@@]3(C(=O)N(Cc4ccc(N5N=C(c6ccccc6)CCC5=O)cc4)c4ccc(Cl)cc43)[C@@H]2C)cc1. The molecule has 3 aliphatic rings. The molecule has 10 nitrogen and oxygen atoms in total. The molecule has 0 aliphatic carbocycles. The van der Waals surface area contributed by atoms with E-state index in [-0.39, 0.29) is 55.3 Å². The van der Waals surface area contributed by atoms with Gasteiger partial charge in [-0.1, -0.05) is 122 Å². The summed E-state index contributed by atoms with van der Waals surface area (Å²) in [6, 6.07) is 40.8. The van der Waals surface area contributed by atoms with Crippen LogP contribution in [0.2, 0.25) is 23.7 Å². The number of hydrogen-bond donors (Lipinski definition) is 1. The van der Waals surface area contributed by atoms with Crippen molar-refractivity contribution < 1.29 is 29.0 Å². The molecule has 3 aliphatic heterocycles. The van der Waals surface area contributed by atoms with Gasteiger partial charge in [0.25, 0.3) is 5.91 Å². The van der Waals surface area contributed by atoms with Crippen LogP contribution in [0, 0.1) is 5.92 Å². The zero-order valence-electron chi connectivity index (χ0n) is 35.0. The Labute approximate surface area is 363 Å². The first-order valence-corrected chi connectivity index (χ1v) is 24.3. The summed E-state index contributed by atoms with van der Waals surface area (Å²) in [5.41, 5.74) is 4.08. The number of methoxy groups -OCH3 is 1. The van der Waals surface area contributed by atoms with E-state index in [0.29, 0.717) is 41.3 Å². The van der Waals surface area contributed by atoms with Crippen LogP contribution in [0.4, 0.5) is 11.4 Å². The summed E-state index contributed by atoms with van der Waals surface area (Å²) in [5, 5.41) is 17.9. The lowest BCUT2D eigenvalue weighted by Crippen LogP contribution is -2.52. The summed E-state index contributed by atoms with van der Waals surface area (Å²) >= 11 is 6.75. The molecular weight excluding hydrogens is 804 g/mol. The highest BCUT2D eigenvalue weighted by molar-refractivity contribution is 6.91. The molecule has 12 heteroatoms. The highest BCUT2D eigenvalue weighted by Gasteiger charge is 2.66. The van der Waals surface area contributed by atoms with E-state index in [0.717, 1.165) is 33.3 Å². The minimum atomic E-state index is -2.56. The van der Waals surface area contributed by atoms with Gasteiger partial charge in [0, 0.05) is 42.4 Å². The zero-order valence-corrected chi connectivity index (χ0v) is 36.7. The Bertz CT molecular complexity index is 2430. The van der Waals surface area contributed by atoms with Gasteiger partial charge in [-0.25, -0.2) is 5.01 Å². The van der Waals surface area contributed by atoms with E-state index in [1.807, 2.05) is 109 Å². The highest BCUT2D eigenvalue weighted by atomic mass is 35.5. The molecule has 4 atom stereocenters. The zero-order chi connectivity index (χ0) is 42.9. The molecule has 8 rings (SSSR count). The standard InChI is InChI=1S/C49H51ClN4O6Si/c1-33-47(61(3,4)40-22-20-39(59-2)21-23-40)44(30-46(57)52(27-28-55)31-34-11-7-5-8-12-34)60-49(33)41-29-37(50)17-25-43(41)53(48(49)58)32-35-15-18-38(19-16-35)54-45(56)26-24-42(51-54)36-13-9-6-10-14-36/h5-23,25,29,33,44,47,55H,24,26-28,30-32H2,1-4H3/t33-,44+,47-,49+/m1/s1. The number of benzene rings is 5. The van der Waals surface area contributed by atoms with Crippen LogP contribution in [0.1, 0.15) is 48.4 Å². The van der Waals surface area contributed by atoms with Gasteiger partial charge in [-0.15, -0.1) is 0 Å². The number of carbonyl (C=O) groups excluding carboxylic acids is 3. The van der Waals surface area contributed by atoms with E-state index < -0.39 is 19.8 Å². The van der Waals surface area contributed by atoms with Gasteiger partial charge >= 0.3 is 0 Å². The number of ether oxygens (including phenoxy) is 2. The Morgan fingerprint density at radius 3 is 2.28 bits per heavy atom. The van der Waals surface area contributed by atoms with Crippen LogP contribution in [-0.4, -0.2) is 67.9 Å². The third-order valence-electron chi connectivity index (χ3n) is 12.8. The number of halogens is 1. The smallest absolute Gasteiger partial charge is 0.264 e. The van der Waals surface area contributed by atoms with Gasteiger partial charge in [-0.3, -0.25) is 14.4 Å². The van der Waals surface area contributed by atoms with Crippen LogP contribution >= 0.6 is 11.6 Å². The molecule has 5 aromatic rings. The predicted molar refractivity (Wildman–Crippen MR) is 242 cm³/mol. The molecule has 0 unspecified atom stereocenters. The number of hydrazone groups is 1. The monoisotopic (exact) mass is 854 g/mol. The maximum atomic E-state index is 15.4. The first kappa shape index (κ1) is 42.1. The molecule has 61 heavy (non-hydrogen) atoms. The van der Waals surface area contributed by atoms with Gasteiger partial charge in [0.05, 0.1) is 57.9 Å². The number of fused-ring (bicyclic) bond motifs is 2. The minimum absolute atomic E-state index is 0.0322. The van der Waals surface area contributed by atoms with Crippen molar-refractivity contribution in [3.63, 3.8) is 0 Å². The lowest BCUT2D eigenvalue weighted by molar-refractivity contribution is -0.150. The van der Waals surface area contributed by atoms with E-state index in [1.165, 1.54) is 5.01 Å². The third-order valence-corrected chi connectivity index (χ3v) is 17.4. The Morgan fingerprint density at radius 1 is 0.918 bits per heavy atom. The number of carbonyl (C=O) groups is 3. The number of amides is 3. The number of aliphatic hydroxyl groups is 1. The van der Waals surface area contributed by atoms with Gasteiger partial charge in [0.15, 0.2) is 5.60 Å². The second kappa shape index (κ2) is 17.4. The third kappa shape index (κ3) is 8.03. The van der Waals surface area contributed by atoms with Gasteiger partial charge in [-0.2, -0.15) is 5.10 Å². The first-order valence-electron chi connectivity index (χ1n) is 20.9. The molecule has 0 radical (unpaired) electrons. The van der Waals surface area contributed by atoms with E-state index in [2.05, 4.69) is 32.2 Å². The van der Waals surface area contributed by atoms with Crippen molar-refractivity contribution in [2.24, 2.45) is 11.0 Å². The molecular formula is C49H51ClN4O6Si. The summed E-state index contributed by atoms with van der Waals surface area (Å²) < 4.78 is 12.7. The fourth-order valence-corrected chi connectivity index (χ4v) is 13.9. The molecule has 3 amide bonds. The fraction of sp³-hybridized carbons (Fsp3) is 0.306. The average molecular weight is 856 g/mol. The van der Waals surface area contributed by atoms with Crippen LogP contribution < -0.4 is 19.8 Å². The molecule has 1 saturated heterocycles. The van der Waals surface area contributed by atoms with Crippen LogP contribution in [0.5, 0.6) is 5.75 Å². The van der Waals surface area contributed by atoms with Gasteiger partial charge < -0.3 is 24.4 Å². The largest absolute Gasteiger partial charge is 0.497 e. The number of nitrogens with zero attached hydrogens (tertiary/aromatic N) is 4. The van der Waals surface area contributed by atoms with Gasteiger partial charge in [0.1, 0.15) is 5.75 Å². The molecule has 0 aromatic heterocycles. The van der Waals surface area contributed by atoms with Crippen molar-refractivity contribution in [3.8, 4) is 5.75 Å². The summed E-state index contributed by atoms with van der Waals surface area (Å²) in [5.74, 6) is -0.0456. The summed E-state index contributed by atoms with van der Waals surface area (Å²) in [6.07, 6.45) is 0.339. The second-order valence-electron chi connectivity index (χ2n) is 16.7. The van der Waals surface area contributed by atoms with E-state index in [4.69, 9.17) is 26.2 Å². The fourth-order valence-electron chi connectivity index (χ4n) is 9.68. The molecule has 5 aromatic carbocycles. The van der Waals surface area contributed by atoms with Crippen LogP contribution in [0.3, 0.4) is 0 Å². The number of hydrogen-bond acceptors (Lipinski definition) is 7. The van der Waals surface area contributed by atoms with E-state index in [1.54, 1.807) is 23.0 Å². The van der Waals surface area contributed by atoms with Crippen molar-refractivity contribution in [1.82, 2.24) is 4.90 Å². The molecule has 1 N–H and O–H groups in total. The van der Waals surface area contributed by atoms with Crippen molar-refractivity contribution >= 4 is 59.7 Å². The molecule has 0 saturated carbocycles. The number of rotatable bonds is 13. The van der Waals surface area contributed by atoms with Gasteiger partial charge in [0.2, 0.25) is 11.8 Å². The Morgan fingerprint density at radius 2 is 1.61 bits per heavy atom. The van der Waals surface area contributed by atoms with Crippen LogP contribution in [0.15, 0.2) is 132 Å². The van der Waals surface area contributed by atoms with Crippen molar-refractivity contribution in [3.05, 3.63) is 155 Å². The van der Waals surface area contributed by atoms with E-state index >= 15 is 4.79 Å². The topological polar surface area (TPSA) is 112 Å². The van der Waals surface area contributed by atoms with E-state index in [9.17, 15) is 14.7 Å². The lowest BCUT2D eigenvalue weighted by atomic mass is 9.82. The molecule has 0 bridgehead atoms. The maximum Gasteiger partial charge on any atom is 0.264 e. The summed E-state index contributed by atoms with van der Waals surface area (Å²) in [7, 11) is -0.917. The van der Waals surface area contributed by atoms with Crippen molar-refractivity contribution in [2.75, 3.05) is 30.2 Å². The van der Waals surface area contributed by atoms with Crippen LogP contribution in [-0.2, 0) is 37.8 Å². The molecule has 3 heterocycles. The quantitative estimate of drug-likeness (QED) is 0.120. The Balaban J connectivity index is 1.13. The lowest BCUT2D eigenvalue weighted by Gasteiger charge is -2.37. The first-order chi connectivity index (χ1) is 29.4. The molecule has 314 valence electrons. The van der Waals surface area contributed by atoms with Crippen molar-refractivity contribution in [2.45, 2.75) is 69.6 Å². The summed E-state index contributed by atoms with van der Waals surface area (Å²) in [6.45, 7) is 7.22. The molecule has 1 fully saturated rings. The van der Waals surface area contributed by atoms with Crippen molar-refractivity contribution in [1.29, 1.82) is 0 Å². The summed E-state index contributed by atoms with van der Waals surface area (Å²) in [4.78, 5) is 46.3. The maximum absolute atomic E-state index is 15.4. The highest BCUT2D eigenvalue weighted by Crippen LogP contribution is 2.60. The predicted octanol–water partition coefficient (Wildman–Crippen LogP) is 8.05. The second-order valence-corrected chi connectivity index (χ2v) is 21.8. The number of aliphatic hydroxyl groups excluding tert-OH is 1. The average Bonchev–Trinajstić information content (AvgIpc) is 3.70. The Kier molecular flexibility index (Phi) is 12.0. The van der Waals surface area contributed by atoms with Gasteiger partial charge in [-0.05, 0) is 64.7 Å². The Hall–Kier alpha value is -5.59. The number of anilines is 2. The van der Waals surface area contributed by atoms with Crippen LogP contribution in [0.25, 0.3) is 0 Å². The normalized spacial score (nSPS) is 21.1. The molecule has 1 spiro atoms. The minimum Gasteiger partial charge on any atom is -0.497 e.